The summed E-state index contributed by atoms with van der Waals surface area (Å²) >= 11 is 0. The molecule has 0 amide bonds. The summed E-state index contributed by atoms with van der Waals surface area (Å²) in [4.78, 5) is 0. The van der Waals surface area contributed by atoms with Crippen molar-refractivity contribution < 1.29 is 9.84 Å². The molecule has 2 nitrogen and oxygen atoms in total. The third-order valence-corrected chi connectivity index (χ3v) is 1.40. The van der Waals surface area contributed by atoms with Gasteiger partial charge in [0.25, 0.3) is 0 Å². The van der Waals surface area contributed by atoms with E-state index in [0.717, 1.165) is 12.2 Å². The Labute approximate surface area is 48.8 Å². The highest BCUT2D eigenvalue weighted by Gasteiger charge is 2.13. The third-order valence-electron chi connectivity index (χ3n) is 1.40. The molecule has 1 N–H and O–H groups in total. The largest absolute Gasteiger partial charge is 0.501 e. The zero-order valence-corrected chi connectivity index (χ0v) is 4.92. The van der Waals surface area contributed by atoms with E-state index in [4.69, 9.17) is 9.84 Å². The molecule has 8 heavy (non-hydrogen) atoms. The van der Waals surface area contributed by atoms with Crippen LogP contribution in [0.2, 0.25) is 0 Å². The molecule has 0 bridgehead atoms. The Morgan fingerprint density at radius 1 is 2.00 bits per heavy atom. The topological polar surface area (TPSA) is 29.5 Å². The SMILES string of the molecule is CC1COC=C1CO. The molecule has 2 heteroatoms. The van der Waals surface area contributed by atoms with Crippen molar-refractivity contribution in [2.75, 3.05) is 13.2 Å². The highest BCUT2D eigenvalue weighted by molar-refractivity contribution is 5.06. The van der Waals surface area contributed by atoms with Crippen LogP contribution in [-0.2, 0) is 4.74 Å². The van der Waals surface area contributed by atoms with Gasteiger partial charge in [-0.15, -0.1) is 0 Å². The number of hydrogen-bond donors (Lipinski definition) is 1. The summed E-state index contributed by atoms with van der Waals surface area (Å²) in [6, 6.07) is 0. The first-order chi connectivity index (χ1) is 3.84. The zero-order chi connectivity index (χ0) is 5.98. The molecule has 1 heterocycles. The normalized spacial score (nSPS) is 27.2. The Morgan fingerprint density at radius 3 is 3.00 bits per heavy atom. The molecule has 46 valence electrons. The van der Waals surface area contributed by atoms with Crippen molar-refractivity contribution in [3.8, 4) is 0 Å². The monoisotopic (exact) mass is 114 g/mol. The molecule has 0 aliphatic carbocycles. The fraction of sp³-hybridized carbons (Fsp3) is 0.667. The van der Waals surface area contributed by atoms with E-state index in [-0.39, 0.29) is 6.61 Å². The van der Waals surface area contributed by atoms with Gasteiger partial charge >= 0.3 is 0 Å². The number of aliphatic hydroxyl groups excluding tert-OH is 1. The van der Waals surface area contributed by atoms with Gasteiger partial charge in [-0.3, -0.25) is 0 Å². The molecule has 1 atom stereocenters. The quantitative estimate of drug-likeness (QED) is 0.538. The lowest BCUT2D eigenvalue weighted by molar-refractivity contribution is 0.253. The standard InChI is InChI=1S/C6H10O2/c1-5-3-8-4-6(5)2-7/h4-5,7H,2-3H2,1H3. The Bertz CT molecular complexity index is 107. The van der Waals surface area contributed by atoms with Gasteiger partial charge in [-0.25, -0.2) is 0 Å². The Balaban J connectivity index is 2.49. The fourth-order valence-corrected chi connectivity index (χ4v) is 0.716. The first-order valence-electron chi connectivity index (χ1n) is 2.76. The third kappa shape index (κ3) is 0.842. The van der Waals surface area contributed by atoms with Gasteiger partial charge in [0.15, 0.2) is 0 Å². The van der Waals surface area contributed by atoms with E-state index in [1.54, 1.807) is 6.26 Å². The van der Waals surface area contributed by atoms with Crippen molar-refractivity contribution in [3.05, 3.63) is 11.8 Å². The molecule has 0 saturated carbocycles. The summed E-state index contributed by atoms with van der Waals surface area (Å²) in [5.74, 6) is 0.417. The van der Waals surface area contributed by atoms with Gasteiger partial charge in [0.1, 0.15) is 0 Å². The van der Waals surface area contributed by atoms with E-state index in [1.165, 1.54) is 0 Å². The molecular weight excluding hydrogens is 104 g/mol. The molecule has 0 spiro atoms. The molecule has 0 aromatic carbocycles. The summed E-state index contributed by atoms with van der Waals surface area (Å²) in [5, 5.41) is 8.59. The van der Waals surface area contributed by atoms with Crippen LogP contribution in [0.5, 0.6) is 0 Å². The maximum absolute atomic E-state index is 8.59. The zero-order valence-electron chi connectivity index (χ0n) is 4.92. The number of ether oxygens (including phenoxy) is 1. The number of rotatable bonds is 1. The molecule has 1 unspecified atom stereocenters. The highest BCUT2D eigenvalue weighted by atomic mass is 16.5. The second-order valence-corrected chi connectivity index (χ2v) is 2.09. The van der Waals surface area contributed by atoms with Crippen LogP contribution in [0.25, 0.3) is 0 Å². The van der Waals surface area contributed by atoms with Crippen LogP contribution in [0.3, 0.4) is 0 Å². The van der Waals surface area contributed by atoms with Crippen LogP contribution in [0, 0.1) is 5.92 Å². The predicted octanol–water partition coefficient (Wildman–Crippen LogP) is 0.529. The maximum Gasteiger partial charge on any atom is 0.0938 e. The van der Waals surface area contributed by atoms with E-state index in [1.807, 2.05) is 6.92 Å². The van der Waals surface area contributed by atoms with Crippen molar-refractivity contribution in [2.45, 2.75) is 6.92 Å². The first-order valence-corrected chi connectivity index (χ1v) is 2.76. The minimum absolute atomic E-state index is 0.140. The van der Waals surface area contributed by atoms with Crippen LogP contribution in [0.1, 0.15) is 6.92 Å². The molecule has 1 rings (SSSR count). The number of aliphatic hydroxyl groups is 1. The van der Waals surface area contributed by atoms with E-state index in [0.29, 0.717) is 5.92 Å². The van der Waals surface area contributed by atoms with E-state index in [2.05, 4.69) is 0 Å². The van der Waals surface area contributed by atoms with Crippen molar-refractivity contribution >= 4 is 0 Å². The van der Waals surface area contributed by atoms with Gasteiger partial charge in [-0.05, 0) is 5.57 Å². The molecule has 1 aliphatic rings. The Kier molecular flexibility index (Phi) is 1.53. The molecule has 1 aliphatic heterocycles. The van der Waals surface area contributed by atoms with Crippen LogP contribution >= 0.6 is 0 Å². The van der Waals surface area contributed by atoms with Gasteiger partial charge in [0.05, 0.1) is 19.5 Å². The van der Waals surface area contributed by atoms with Crippen LogP contribution in [-0.4, -0.2) is 18.3 Å². The maximum atomic E-state index is 8.59. The van der Waals surface area contributed by atoms with Gasteiger partial charge < -0.3 is 9.84 Å². The summed E-state index contributed by atoms with van der Waals surface area (Å²) in [6.45, 7) is 2.91. The van der Waals surface area contributed by atoms with E-state index < -0.39 is 0 Å². The molecule has 0 fully saturated rings. The second-order valence-electron chi connectivity index (χ2n) is 2.09. The smallest absolute Gasteiger partial charge is 0.0938 e. The second kappa shape index (κ2) is 2.18. The Hall–Kier alpha value is -0.500. The minimum Gasteiger partial charge on any atom is -0.501 e. The van der Waals surface area contributed by atoms with Gasteiger partial charge in [0, 0.05) is 5.92 Å². The van der Waals surface area contributed by atoms with E-state index >= 15 is 0 Å². The summed E-state index contributed by atoms with van der Waals surface area (Å²) in [7, 11) is 0. The average Bonchev–Trinajstić information content (AvgIpc) is 2.14. The van der Waals surface area contributed by atoms with Gasteiger partial charge in [0.2, 0.25) is 0 Å². The lowest BCUT2D eigenvalue weighted by Gasteiger charge is -1.99. The molecule has 0 aromatic heterocycles. The lowest BCUT2D eigenvalue weighted by atomic mass is 10.1. The lowest BCUT2D eigenvalue weighted by Crippen LogP contribution is -2.00. The van der Waals surface area contributed by atoms with Crippen molar-refractivity contribution in [3.63, 3.8) is 0 Å². The van der Waals surface area contributed by atoms with Crippen molar-refractivity contribution in [1.29, 1.82) is 0 Å². The number of hydrogen-bond acceptors (Lipinski definition) is 2. The van der Waals surface area contributed by atoms with Gasteiger partial charge in [-0.2, -0.15) is 0 Å². The van der Waals surface area contributed by atoms with Crippen LogP contribution < -0.4 is 0 Å². The fourth-order valence-electron chi connectivity index (χ4n) is 0.716. The molecule has 0 saturated heterocycles. The first kappa shape index (κ1) is 5.63. The summed E-state index contributed by atoms with van der Waals surface area (Å²) in [5.41, 5.74) is 1.00. The highest BCUT2D eigenvalue weighted by Crippen LogP contribution is 2.16. The predicted molar refractivity (Wildman–Crippen MR) is 30.3 cm³/mol. The van der Waals surface area contributed by atoms with Crippen LogP contribution in [0.4, 0.5) is 0 Å². The summed E-state index contributed by atoms with van der Waals surface area (Å²) in [6.07, 6.45) is 1.64. The molecule has 0 radical (unpaired) electrons. The Morgan fingerprint density at radius 2 is 2.75 bits per heavy atom. The molecular formula is C6H10O2. The van der Waals surface area contributed by atoms with E-state index in [9.17, 15) is 0 Å². The summed E-state index contributed by atoms with van der Waals surface area (Å²) < 4.78 is 4.94. The van der Waals surface area contributed by atoms with Crippen molar-refractivity contribution in [2.24, 2.45) is 5.92 Å². The average molecular weight is 114 g/mol. The molecule has 0 aromatic rings. The van der Waals surface area contributed by atoms with Gasteiger partial charge in [-0.1, -0.05) is 6.92 Å². The van der Waals surface area contributed by atoms with Crippen molar-refractivity contribution in [1.82, 2.24) is 0 Å². The minimum atomic E-state index is 0.140. The van der Waals surface area contributed by atoms with Crippen LogP contribution in [0.15, 0.2) is 11.8 Å².